The van der Waals surface area contributed by atoms with Crippen LogP contribution in [0.2, 0.25) is 10.0 Å². The molecule has 1 aromatic heterocycles. The van der Waals surface area contributed by atoms with Crippen LogP contribution in [0, 0.1) is 0 Å². The summed E-state index contributed by atoms with van der Waals surface area (Å²) in [5.41, 5.74) is 3.96. The lowest BCUT2D eigenvalue weighted by Gasteiger charge is -2.04. The summed E-state index contributed by atoms with van der Waals surface area (Å²) in [5.74, 6) is 2.30. The van der Waals surface area contributed by atoms with E-state index in [2.05, 4.69) is 0 Å². The Labute approximate surface area is 198 Å². The van der Waals surface area contributed by atoms with Gasteiger partial charge >= 0.3 is 18.8 Å². The first-order valence-electron chi connectivity index (χ1n) is 9.65. The molecule has 2 nitrogen and oxygen atoms in total. The van der Waals surface area contributed by atoms with Crippen LogP contribution in [0.4, 0.5) is 17.3 Å². The summed E-state index contributed by atoms with van der Waals surface area (Å²) in [6.07, 6.45) is 0. The number of hydrogen-bond acceptors (Lipinski definition) is 1. The van der Waals surface area contributed by atoms with Gasteiger partial charge in [-0.3, -0.25) is 0 Å². The Kier molecular flexibility index (Phi) is 8.00. The van der Waals surface area contributed by atoms with Gasteiger partial charge < -0.3 is 22.0 Å². The van der Waals surface area contributed by atoms with E-state index < -0.39 is 7.25 Å². The molecule has 0 bridgehead atoms. The van der Waals surface area contributed by atoms with E-state index in [0.717, 1.165) is 33.8 Å². The van der Waals surface area contributed by atoms with Crippen molar-refractivity contribution in [1.29, 1.82) is 0 Å². The van der Waals surface area contributed by atoms with E-state index in [1.807, 2.05) is 78.9 Å². The van der Waals surface area contributed by atoms with Crippen LogP contribution in [-0.4, -0.2) is 14.4 Å². The average Bonchev–Trinajstić information content (AvgIpc) is 2.80. The molecule has 0 spiro atoms. The summed E-state index contributed by atoms with van der Waals surface area (Å²) in [5, 5.41) is 1.01. The Morgan fingerprint density at radius 3 is 1.73 bits per heavy atom. The standard InChI is InChI=1S/C24H17Cl2O2.BF4/c1-27-20-10-7-16(8-11-20)19-14-23(17-5-3-2-4-6-17)28-24(15-19)18-9-12-21(25)22(26)13-18;2-1(3,4)5/h2-15H,1H3;/q+1;-1. The van der Waals surface area contributed by atoms with Gasteiger partial charge in [0.15, 0.2) is 0 Å². The molecule has 0 aliphatic carbocycles. The van der Waals surface area contributed by atoms with E-state index in [9.17, 15) is 17.3 Å². The lowest BCUT2D eigenvalue weighted by atomic mass is 10.0. The van der Waals surface area contributed by atoms with Crippen molar-refractivity contribution < 1.29 is 26.4 Å². The van der Waals surface area contributed by atoms with Gasteiger partial charge in [-0.15, -0.1) is 0 Å². The zero-order valence-corrected chi connectivity index (χ0v) is 18.8. The van der Waals surface area contributed by atoms with E-state index in [4.69, 9.17) is 32.4 Å². The summed E-state index contributed by atoms with van der Waals surface area (Å²) in [6.45, 7) is 0. The molecule has 9 heteroatoms. The third-order valence-electron chi connectivity index (χ3n) is 4.48. The van der Waals surface area contributed by atoms with E-state index in [-0.39, 0.29) is 0 Å². The maximum Gasteiger partial charge on any atom is 0.673 e. The fraction of sp³-hybridized carbons (Fsp3) is 0.0417. The van der Waals surface area contributed by atoms with E-state index >= 15 is 0 Å². The molecule has 4 rings (SSSR count). The highest BCUT2D eigenvalue weighted by Gasteiger charge is 2.21. The summed E-state index contributed by atoms with van der Waals surface area (Å²) in [6, 6.07) is 27.5. The number of ether oxygens (including phenoxy) is 1. The van der Waals surface area contributed by atoms with Crippen LogP contribution in [0.25, 0.3) is 33.8 Å². The first kappa shape index (κ1) is 24.6. The molecule has 170 valence electrons. The fourth-order valence-electron chi connectivity index (χ4n) is 2.99. The molecule has 0 aliphatic heterocycles. The predicted molar refractivity (Wildman–Crippen MR) is 126 cm³/mol. The van der Waals surface area contributed by atoms with Crippen molar-refractivity contribution in [3.05, 3.63) is 95.0 Å². The summed E-state index contributed by atoms with van der Waals surface area (Å²) < 4.78 is 50.5. The van der Waals surface area contributed by atoms with Gasteiger partial charge in [0.2, 0.25) is 0 Å². The van der Waals surface area contributed by atoms with Crippen molar-refractivity contribution in [2.45, 2.75) is 0 Å². The smallest absolute Gasteiger partial charge is 0.497 e. The van der Waals surface area contributed by atoms with Gasteiger partial charge in [0.25, 0.3) is 0 Å². The van der Waals surface area contributed by atoms with Crippen LogP contribution in [0.1, 0.15) is 0 Å². The topological polar surface area (TPSA) is 20.5 Å². The molecule has 0 fully saturated rings. The highest BCUT2D eigenvalue weighted by Crippen LogP contribution is 2.35. The van der Waals surface area contributed by atoms with Crippen LogP contribution in [0.5, 0.6) is 5.75 Å². The third kappa shape index (κ3) is 7.24. The Balaban J connectivity index is 0.000000555. The second-order valence-corrected chi connectivity index (χ2v) is 7.61. The molecule has 1 heterocycles. The number of hydrogen-bond donors (Lipinski definition) is 0. The molecule has 33 heavy (non-hydrogen) atoms. The molecule has 0 unspecified atom stereocenters. The van der Waals surface area contributed by atoms with Gasteiger partial charge in [-0.25, -0.2) is 4.42 Å². The van der Waals surface area contributed by atoms with Crippen molar-refractivity contribution in [1.82, 2.24) is 0 Å². The number of rotatable bonds is 4. The molecular weight excluding hydrogens is 478 g/mol. The van der Waals surface area contributed by atoms with Gasteiger partial charge in [0, 0.05) is 5.56 Å². The molecule has 0 saturated heterocycles. The minimum absolute atomic E-state index is 0.491. The first-order valence-corrected chi connectivity index (χ1v) is 10.4. The summed E-state index contributed by atoms with van der Waals surface area (Å²) in [7, 11) is -4.34. The first-order chi connectivity index (χ1) is 15.6. The maximum atomic E-state index is 9.75. The Bertz CT molecular complexity index is 1210. The summed E-state index contributed by atoms with van der Waals surface area (Å²) in [4.78, 5) is 0. The quantitative estimate of drug-likeness (QED) is 0.160. The molecule has 3 aromatic carbocycles. The van der Waals surface area contributed by atoms with Gasteiger partial charge in [0.1, 0.15) is 5.75 Å². The zero-order chi connectivity index (χ0) is 24.0. The van der Waals surface area contributed by atoms with Crippen LogP contribution in [0.3, 0.4) is 0 Å². The molecular formula is C24H17BCl2F4O2. The highest BCUT2D eigenvalue weighted by molar-refractivity contribution is 6.50. The zero-order valence-electron chi connectivity index (χ0n) is 17.2. The van der Waals surface area contributed by atoms with Crippen molar-refractivity contribution in [2.75, 3.05) is 7.11 Å². The normalized spacial score (nSPS) is 10.9. The highest BCUT2D eigenvalue weighted by atomic mass is 35.5. The van der Waals surface area contributed by atoms with Crippen LogP contribution in [-0.2, 0) is 0 Å². The molecule has 0 atom stereocenters. The van der Waals surface area contributed by atoms with E-state index in [0.29, 0.717) is 15.8 Å². The molecule has 0 amide bonds. The molecule has 0 radical (unpaired) electrons. The second kappa shape index (κ2) is 10.7. The SMILES string of the molecule is COc1ccc(-c2cc(-c3ccccc3)[o+]c(-c3ccc(Cl)c(Cl)c3)c2)cc1.F[B-](F)(F)F. The largest absolute Gasteiger partial charge is 0.673 e. The molecule has 0 aliphatic rings. The lowest BCUT2D eigenvalue weighted by molar-refractivity contribution is 0.368. The third-order valence-corrected chi connectivity index (χ3v) is 5.22. The number of benzene rings is 3. The van der Waals surface area contributed by atoms with Gasteiger partial charge in [-0.2, -0.15) is 0 Å². The van der Waals surface area contributed by atoms with Gasteiger partial charge in [0.05, 0.1) is 40.4 Å². The van der Waals surface area contributed by atoms with Crippen LogP contribution >= 0.6 is 23.2 Å². The predicted octanol–water partition coefficient (Wildman–Crippen LogP) is 9.18. The Hall–Kier alpha value is -3.03. The molecule has 0 N–H and O–H groups in total. The van der Waals surface area contributed by atoms with Crippen LogP contribution in [0.15, 0.2) is 89.3 Å². The number of methoxy groups -OCH3 is 1. The van der Waals surface area contributed by atoms with E-state index in [1.54, 1.807) is 13.2 Å². The average molecular weight is 495 g/mol. The maximum absolute atomic E-state index is 9.75. The monoisotopic (exact) mass is 494 g/mol. The van der Waals surface area contributed by atoms with Crippen molar-refractivity contribution >= 4 is 30.5 Å². The lowest BCUT2D eigenvalue weighted by Crippen LogP contribution is -2.02. The van der Waals surface area contributed by atoms with Crippen molar-refractivity contribution in [3.8, 4) is 39.5 Å². The Morgan fingerprint density at radius 2 is 1.18 bits per heavy atom. The molecule has 0 saturated carbocycles. The Morgan fingerprint density at radius 1 is 0.636 bits per heavy atom. The number of halogens is 6. The van der Waals surface area contributed by atoms with E-state index in [1.165, 1.54) is 0 Å². The fourth-order valence-corrected chi connectivity index (χ4v) is 3.29. The minimum atomic E-state index is -6.00. The van der Waals surface area contributed by atoms with Crippen LogP contribution < -0.4 is 4.74 Å². The minimum Gasteiger partial charge on any atom is -0.497 e. The molecule has 4 aromatic rings. The summed E-state index contributed by atoms with van der Waals surface area (Å²) >= 11 is 12.3. The van der Waals surface area contributed by atoms with Gasteiger partial charge in [-0.05, 0) is 48.0 Å². The van der Waals surface area contributed by atoms with Gasteiger partial charge in [-0.1, -0.05) is 53.5 Å². The van der Waals surface area contributed by atoms with Crippen molar-refractivity contribution in [2.24, 2.45) is 0 Å². The second-order valence-electron chi connectivity index (χ2n) is 6.79. The van der Waals surface area contributed by atoms with Crippen molar-refractivity contribution in [3.63, 3.8) is 0 Å².